The van der Waals surface area contributed by atoms with Gasteiger partial charge in [0.2, 0.25) is 0 Å². The summed E-state index contributed by atoms with van der Waals surface area (Å²) >= 11 is 0. The van der Waals surface area contributed by atoms with Gasteiger partial charge in [0.05, 0.1) is 16.6 Å². The van der Waals surface area contributed by atoms with Crippen LogP contribution in [0.3, 0.4) is 0 Å². The minimum atomic E-state index is -4.61. The van der Waals surface area contributed by atoms with Crippen LogP contribution in [0.5, 0.6) is 0 Å². The lowest BCUT2D eigenvalue weighted by atomic mass is 10.0. The van der Waals surface area contributed by atoms with Gasteiger partial charge in [0.1, 0.15) is 23.6 Å². The number of halogens is 4. The molecule has 1 spiro atoms. The van der Waals surface area contributed by atoms with Gasteiger partial charge in [0.15, 0.2) is 0 Å². The number of urea groups is 1. The molecule has 2 aliphatic rings. The summed E-state index contributed by atoms with van der Waals surface area (Å²) < 4.78 is 57.0. The topological polar surface area (TPSA) is 115 Å². The first kappa shape index (κ1) is 27.0. The molecule has 0 atom stereocenters. The molecule has 2 aromatic heterocycles. The van der Waals surface area contributed by atoms with Crippen LogP contribution in [0.25, 0.3) is 22.2 Å². The Morgan fingerprint density at radius 2 is 1.93 bits per heavy atom. The second kappa shape index (κ2) is 10.00. The predicted octanol–water partition coefficient (Wildman–Crippen LogP) is 5.29. The van der Waals surface area contributed by atoms with Crippen LogP contribution in [0, 0.1) is 5.82 Å². The van der Waals surface area contributed by atoms with Gasteiger partial charge in [-0.1, -0.05) is 12.1 Å². The van der Waals surface area contributed by atoms with Gasteiger partial charge in [-0.3, -0.25) is 9.80 Å². The second-order valence-corrected chi connectivity index (χ2v) is 10.7. The Balaban J connectivity index is 1.16. The summed E-state index contributed by atoms with van der Waals surface area (Å²) in [5, 5.41) is 5.29. The molecule has 0 bridgehead atoms. The molecule has 2 amide bonds. The van der Waals surface area contributed by atoms with Crippen molar-refractivity contribution in [2.45, 2.75) is 31.1 Å². The number of likely N-dealkylation sites (N-methyl/N-ethyl adjacent to an activating group) is 1. The molecule has 6 rings (SSSR count). The van der Waals surface area contributed by atoms with Crippen LogP contribution in [0.15, 0.2) is 48.9 Å². The van der Waals surface area contributed by atoms with Crippen LogP contribution in [-0.4, -0.2) is 63.0 Å². The van der Waals surface area contributed by atoms with E-state index < -0.39 is 23.6 Å². The van der Waals surface area contributed by atoms with Gasteiger partial charge in [0, 0.05) is 49.2 Å². The third kappa shape index (κ3) is 5.30. The van der Waals surface area contributed by atoms with Crippen molar-refractivity contribution in [1.82, 2.24) is 24.8 Å². The molecule has 5 N–H and O–H groups in total. The number of aromatic amines is 1. The van der Waals surface area contributed by atoms with Crippen LogP contribution in [0.4, 0.5) is 39.5 Å². The molecule has 1 saturated heterocycles. The lowest BCUT2D eigenvalue weighted by Crippen LogP contribution is -2.52. The molecule has 1 aliphatic heterocycles. The van der Waals surface area contributed by atoms with Gasteiger partial charge in [-0.2, -0.15) is 13.2 Å². The fraction of sp³-hybridized carbons (Fsp3) is 0.321. The lowest BCUT2D eigenvalue weighted by molar-refractivity contribution is -0.138. The normalized spacial score (nSPS) is 17.2. The Morgan fingerprint density at radius 3 is 2.66 bits per heavy atom. The number of hydrogen-bond donors (Lipinski definition) is 4. The number of nitrogens with two attached hydrogens (primary N) is 1. The maximum Gasteiger partial charge on any atom is 0.416 e. The maximum atomic E-state index is 14.9. The molecule has 3 heterocycles. The number of amides is 2. The number of fused-ring (bicyclic) bond motifs is 1. The summed E-state index contributed by atoms with van der Waals surface area (Å²) in [6, 6.07) is 7.01. The summed E-state index contributed by atoms with van der Waals surface area (Å²) in [7, 11) is 2.06. The summed E-state index contributed by atoms with van der Waals surface area (Å²) in [5.41, 5.74) is 6.72. The first-order chi connectivity index (χ1) is 19.5. The van der Waals surface area contributed by atoms with Crippen molar-refractivity contribution in [1.29, 1.82) is 0 Å². The van der Waals surface area contributed by atoms with Crippen LogP contribution in [0.2, 0.25) is 0 Å². The molecule has 0 radical (unpaired) electrons. The first-order valence-corrected chi connectivity index (χ1v) is 13.1. The highest BCUT2D eigenvalue weighted by Gasteiger charge is 2.49. The van der Waals surface area contributed by atoms with Gasteiger partial charge in [0.25, 0.3) is 0 Å². The third-order valence-corrected chi connectivity index (χ3v) is 8.00. The van der Waals surface area contributed by atoms with Gasteiger partial charge < -0.3 is 21.4 Å². The van der Waals surface area contributed by atoms with Crippen molar-refractivity contribution in [3.05, 3.63) is 65.9 Å². The smallest absolute Gasteiger partial charge is 0.383 e. The highest BCUT2D eigenvalue weighted by Crippen LogP contribution is 2.44. The molecule has 2 fully saturated rings. The van der Waals surface area contributed by atoms with E-state index in [0.717, 1.165) is 32.0 Å². The Hall–Kier alpha value is -4.23. The Bertz CT molecular complexity index is 1630. The minimum Gasteiger partial charge on any atom is -0.383 e. The lowest BCUT2D eigenvalue weighted by Gasteiger charge is -2.40. The fourth-order valence-electron chi connectivity index (χ4n) is 5.54. The number of nitrogens with zero attached hydrogens (tertiary/aromatic N) is 4. The largest absolute Gasteiger partial charge is 0.416 e. The Labute approximate surface area is 232 Å². The molecule has 9 nitrogen and oxygen atoms in total. The van der Waals surface area contributed by atoms with Crippen molar-refractivity contribution < 1.29 is 22.4 Å². The summed E-state index contributed by atoms with van der Waals surface area (Å²) in [5.74, 6) is -0.512. The van der Waals surface area contributed by atoms with Crippen molar-refractivity contribution in [2.75, 3.05) is 43.0 Å². The van der Waals surface area contributed by atoms with Crippen LogP contribution in [0.1, 0.15) is 24.0 Å². The third-order valence-electron chi connectivity index (χ3n) is 8.00. The number of alkyl halides is 3. The molecule has 1 aliphatic carbocycles. The molecular weight excluding hydrogens is 540 g/mol. The van der Waals surface area contributed by atoms with Crippen LogP contribution in [-0.2, 0) is 12.7 Å². The first-order valence-electron chi connectivity index (χ1n) is 13.1. The average molecular weight is 569 g/mol. The minimum absolute atomic E-state index is 0.0538. The van der Waals surface area contributed by atoms with Gasteiger partial charge in [-0.05, 0) is 55.3 Å². The highest BCUT2D eigenvalue weighted by atomic mass is 19.4. The van der Waals surface area contributed by atoms with Gasteiger partial charge in [-0.15, -0.1) is 0 Å². The monoisotopic (exact) mass is 568 g/mol. The molecule has 1 saturated carbocycles. The zero-order valence-electron chi connectivity index (χ0n) is 22.1. The highest BCUT2D eigenvalue weighted by molar-refractivity contribution is 6.02. The molecule has 214 valence electrons. The number of aromatic nitrogens is 3. The Kier molecular flexibility index (Phi) is 6.57. The van der Waals surface area contributed by atoms with Gasteiger partial charge >= 0.3 is 12.2 Å². The van der Waals surface area contributed by atoms with E-state index in [1.165, 1.54) is 30.6 Å². The summed E-state index contributed by atoms with van der Waals surface area (Å²) in [4.78, 5) is 28.0. The van der Waals surface area contributed by atoms with Gasteiger partial charge in [-0.25, -0.2) is 19.2 Å². The molecule has 13 heteroatoms. The molecule has 2 aromatic carbocycles. The molecular formula is C28H28F4N8O. The number of carbonyl (C=O) groups is 1. The van der Waals surface area contributed by atoms with Crippen LogP contribution < -0.4 is 16.4 Å². The number of anilines is 3. The number of rotatable bonds is 5. The van der Waals surface area contributed by atoms with E-state index in [-0.39, 0.29) is 34.8 Å². The molecule has 4 aromatic rings. The standard InChI is InChI=1S/C28H28F4N8O/c1-39-8-9-40(14-27(39)6-7-27)13-17-2-4-18(11-20(17)28(30,31)32)37-26(41)38-22-5-3-16(10-21(22)29)19-12-34-25-23(19)24(33)35-15-36-25/h2-5,10-12,15H,6-9,13-14H2,1H3,(H2,37,38,41)(H3,33,34,35,36). The zero-order valence-corrected chi connectivity index (χ0v) is 22.1. The van der Waals surface area contributed by atoms with Crippen LogP contribution >= 0.6 is 0 Å². The average Bonchev–Trinajstić information content (AvgIpc) is 3.55. The fourth-order valence-corrected chi connectivity index (χ4v) is 5.54. The molecule has 0 unspecified atom stereocenters. The van der Waals surface area contributed by atoms with Crippen molar-refractivity contribution in [2.24, 2.45) is 0 Å². The number of piperazine rings is 1. The number of hydrogen-bond acceptors (Lipinski definition) is 6. The quantitative estimate of drug-likeness (QED) is 0.243. The summed E-state index contributed by atoms with van der Waals surface area (Å²) in [6.07, 6.45) is 0.442. The predicted molar refractivity (Wildman–Crippen MR) is 148 cm³/mol. The van der Waals surface area contributed by atoms with E-state index in [0.29, 0.717) is 28.7 Å². The number of carbonyl (C=O) groups excluding carboxylic acids is 1. The Morgan fingerprint density at radius 1 is 1.12 bits per heavy atom. The van der Waals surface area contributed by atoms with Crippen molar-refractivity contribution in [3.8, 4) is 11.1 Å². The molecule has 41 heavy (non-hydrogen) atoms. The van der Waals surface area contributed by atoms with E-state index in [4.69, 9.17) is 5.73 Å². The van der Waals surface area contributed by atoms with E-state index in [1.807, 2.05) is 0 Å². The number of benzene rings is 2. The van der Waals surface area contributed by atoms with E-state index in [2.05, 4.69) is 42.4 Å². The van der Waals surface area contributed by atoms with E-state index >= 15 is 0 Å². The summed E-state index contributed by atoms with van der Waals surface area (Å²) in [6.45, 7) is 2.39. The zero-order chi connectivity index (χ0) is 28.9. The number of nitrogens with one attached hydrogen (secondary N) is 3. The van der Waals surface area contributed by atoms with Crippen molar-refractivity contribution in [3.63, 3.8) is 0 Å². The number of nitrogen functional groups attached to an aromatic ring is 1. The second-order valence-electron chi connectivity index (χ2n) is 10.7. The maximum absolute atomic E-state index is 14.9. The van der Waals surface area contributed by atoms with Crippen molar-refractivity contribution >= 4 is 34.3 Å². The SMILES string of the molecule is CN1CCN(Cc2ccc(NC(=O)Nc3ccc(-c4c[nH]c5ncnc(N)c45)cc3F)cc2C(F)(F)F)CC12CC2. The van der Waals surface area contributed by atoms with E-state index in [1.54, 1.807) is 12.3 Å². The van der Waals surface area contributed by atoms with E-state index in [9.17, 15) is 22.4 Å². The number of H-pyrrole nitrogens is 1.